The molecule has 4 nitrogen and oxygen atoms in total. The van der Waals surface area contributed by atoms with E-state index in [1.54, 1.807) is 0 Å². The number of carbonyl (C=O) groups excluding carboxylic acids is 1. The average molecular weight is 296 g/mol. The van der Waals surface area contributed by atoms with Crippen molar-refractivity contribution in [2.24, 2.45) is 5.92 Å². The lowest BCUT2D eigenvalue weighted by molar-refractivity contribution is -0.0366. The topological polar surface area (TPSA) is 44.1 Å². The maximum Gasteiger partial charge on any atom is 0.235 e. The third-order valence-corrected chi connectivity index (χ3v) is 3.76. The molecule has 0 radical (unpaired) electrons. The number of hydrogen-bond donors (Lipinski definition) is 0. The molecule has 0 saturated carbocycles. The van der Waals surface area contributed by atoms with Gasteiger partial charge in [0.2, 0.25) is 5.78 Å². The molecule has 1 saturated heterocycles. The normalized spacial score (nSPS) is 18.2. The Morgan fingerprint density at radius 1 is 1.41 bits per heavy atom. The van der Waals surface area contributed by atoms with Crippen LogP contribution < -0.4 is 0 Å². The number of carbonyl (C=O) groups is 1. The average Bonchev–Trinajstić information content (AvgIpc) is 2.96. The zero-order chi connectivity index (χ0) is 15.5. The first-order valence-electron chi connectivity index (χ1n) is 7.80. The molecule has 0 spiro atoms. The largest absolute Gasteiger partial charge is 0.356 e. The molecule has 1 aromatic carbocycles. The van der Waals surface area contributed by atoms with Crippen molar-refractivity contribution in [3.05, 3.63) is 30.0 Å². The van der Waals surface area contributed by atoms with Gasteiger partial charge >= 0.3 is 0 Å². The third-order valence-electron chi connectivity index (χ3n) is 3.76. The fourth-order valence-corrected chi connectivity index (χ4v) is 2.61. The van der Waals surface area contributed by atoms with Crippen LogP contribution in [0.2, 0.25) is 0 Å². The van der Waals surface area contributed by atoms with Crippen molar-refractivity contribution >= 4 is 16.7 Å². The van der Waals surface area contributed by atoms with Crippen LogP contribution >= 0.6 is 0 Å². The molecule has 4 heteroatoms. The summed E-state index contributed by atoms with van der Waals surface area (Å²) in [6, 6.07) is 5.61. The van der Waals surface area contributed by atoms with E-state index < -0.39 is 0 Å². The molecule has 0 amide bonds. The summed E-state index contributed by atoms with van der Waals surface area (Å²) in [4.78, 5) is 12.2. The van der Waals surface area contributed by atoms with Gasteiger partial charge in [0.25, 0.3) is 0 Å². The van der Waals surface area contributed by atoms with Crippen LogP contribution in [0.25, 0.3) is 10.9 Å². The fraction of sp³-hybridized carbons (Fsp3) is 0.444. The second-order valence-electron chi connectivity index (χ2n) is 5.94. The van der Waals surface area contributed by atoms with Crippen molar-refractivity contribution in [1.29, 1.82) is 0 Å². The van der Waals surface area contributed by atoms with Gasteiger partial charge in [0, 0.05) is 23.5 Å². The van der Waals surface area contributed by atoms with Gasteiger partial charge in [0.05, 0.1) is 11.7 Å². The predicted molar refractivity (Wildman–Crippen MR) is 85.5 cm³/mol. The molecular formula is C18H20N2O2. The Morgan fingerprint density at radius 2 is 2.27 bits per heavy atom. The summed E-state index contributed by atoms with van der Waals surface area (Å²) in [7, 11) is 0. The summed E-state index contributed by atoms with van der Waals surface area (Å²) >= 11 is 0. The van der Waals surface area contributed by atoms with Gasteiger partial charge < -0.3 is 4.74 Å². The SMILES string of the molecule is CC(C)C#CC(=O)c1ccc2cnn(C3CCCCO3)c2c1. The number of benzene rings is 1. The van der Waals surface area contributed by atoms with E-state index in [-0.39, 0.29) is 17.9 Å². The highest BCUT2D eigenvalue weighted by Gasteiger charge is 2.19. The van der Waals surface area contributed by atoms with Crippen LogP contribution in [0.15, 0.2) is 24.4 Å². The smallest absolute Gasteiger partial charge is 0.235 e. The zero-order valence-corrected chi connectivity index (χ0v) is 13.0. The van der Waals surface area contributed by atoms with Crippen LogP contribution in [0.3, 0.4) is 0 Å². The van der Waals surface area contributed by atoms with Crippen molar-refractivity contribution in [3.8, 4) is 11.8 Å². The Balaban J connectivity index is 1.94. The third kappa shape index (κ3) is 3.05. The van der Waals surface area contributed by atoms with Crippen molar-refractivity contribution < 1.29 is 9.53 Å². The molecule has 1 aromatic heterocycles. The molecule has 1 aliphatic heterocycles. The summed E-state index contributed by atoms with van der Waals surface area (Å²) in [5.74, 6) is 5.66. The lowest BCUT2D eigenvalue weighted by Crippen LogP contribution is -2.19. The summed E-state index contributed by atoms with van der Waals surface area (Å²) < 4.78 is 7.69. The Hall–Kier alpha value is -2.12. The van der Waals surface area contributed by atoms with Gasteiger partial charge in [0.15, 0.2) is 6.23 Å². The Labute approximate surface area is 130 Å². The number of Topliss-reactive ketones (excluding diaryl/α,β-unsaturated/α-hetero) is 1. The summed E-state index contributed by atoms with van der Waals surface area (Å²) in [5.41, 5.74) is 1.54. The first-order valence-corrected chi connectivity index (χ1v) is 7.80. The molecule has 0 bridgehead atoms. The minimum absolute atomic E-state index is 0.0293. The van der Waals surface area contributed by atoms with Crippen molar-refractivity contribution in [3.63, 3.8) is 0 Å². The van der Waals surface area contributed by atoms with E-state index in [9.17, 15) is 4.79 Å². The van der Waals surface area contributed by atoms with Crippen LogP contribution in [-0.2, 0) is 4.74 Å². The number of ether oxygens (including phenoxy) is 1. The minimum atomic E-state index is -0.145. The second-order valence-corrected chi connectivity index (χ2v) is 5.94. The number of hydrogen-bond acceptors (Lipinski definition) is 3. The number of aromatic nitrogens is 2. The molecular weight excluding hydrogens is 276 g/mol. The molecule has 22 heavy (non-hydrogen) atoms. The van der Waals surface area contributed by atoms with E-state index in [2.05, 4.69) is 16.9 Å². The first-order chi connectivity index (χ1) is 10.6. The second kappa shape index (κ2) is 6.33. The number of ketones is 1. The van der Waals surface area contributed by atoms with Gasteiger partial charge in [-0.3, -0.25) is 4.79 Å². The van der Waals surface area contributed by atoms with Gasteiger partial charge in [-0.2, -0.15) is 5.10 Å². The van der Waals surface area contributed by atoms with Gasteiger partial charge in [-0.15, -0.1) is 0 Å². The standard InChI is InChI=1S/C18H20N2O2/c1-13(2)6-9-17(21)14-7-8-15-12-19-20(16(15)11-14)18-5-3-4-10-22-18/h7-8,11-13,18H,3-5,10H2,1-2H3. The maximum atomic E-state index is 12.2. The van der Waals surface area contributed by atoms with E-state index in [0.29, 0.717) is 5.56 Å². The number of nitrogens with zero attached hydrogens (tertiary/aromatic N) is 2. The summed E-state index contributed by atoms with van der Waals surface area (Å²) in [6.45, 7) is 4.71. The van der Waals surface area contributed by atoms with E-state index in [0.717, 1.165) is 36.8 Å². The monoisotopic (exact) mass is 296 g/mol. The molecule has 2 heterocycles. The quantitative estimate of drug-likeness (QED) is 0.483. The predicted octanol–water partition coefficient (Wildman–Crippen LogP) is 3.58. The highest BCUT2D eigenvalue weighted by Crippen LogP contribution is 2.26. The number of fused-ring (bicyclic) bond motifs is 1. The lowest BCUT2D eigenvalue weighted by atomic mass is 10.1. The Bertz CT molecular complexity index is 743. The molecule has 3 rings (SSSR count). The van der Waals surface area contributed by atoms with Crippen LogP contribution in [0, 0.1) is 17.8 Å². The minimum Gasteiger partial charge on any atom is -0.356 e. The van der Waals surface area contributed by atoms with E-state index >= 15 is 0 Å². The zero-order valence-electron chi connectivity index (χ0n) is 13.0. The molecule has 1 unspecified atom stereocenters. The van der Waals surface area contributed by atoms with Crippen molar-refractivity contribution in [2.45, 2.75) is 39.3 Å². The molecule has 2 aromatic rings. The van der Waals surface area contributed by atoms with Crippen LogP contribution in [0.1, 0.15) is 49.7 Å². The Kier molecular flexibility index (Phi) is 4.26. The van der Waals surface area contributed by atoms with Crippen LogP contribution in [-0.4, -0.2) is 22.2 Å². The van der Waals surface area contributed by atoms with Crippen molar-refractivity contribution in [1.82, 2.24) is 9.78 Å². The van der Waals surface area contributed by atoms with Gasteiger partial charge in [0.1, 0.15) is 0 Å². The fourth-order valence-electron chi connectivity index (χ4n) is 2.61. The summed E-state index contributed by atoms with van der Waals surface area (Å²) in [5, 5.41) is 5.45. The number of rotatable bonds is 2. The van der Waals surface area contributed by atoms with Crippen LogP contribution in [0.4, 0.5) is 0 Å². The highest BCUT2D eigenvalue weighted by molar-refractivity contribution is 6.10. The van der Waals surface area contributed by atoms with Gasteiger partial charge in [-0.25, -0.2) is 4.68 Å². The first kappa shape index (κ1) is 14.8. The molecule has 1 atom stereocenters. The molecule has 114 valence electrons. The van der Waals surface area contributed by atoms with E-state index in [1.807, 2.05) is 42.9 Å². The molecule has 0 aliphatic carbocycles. The van der Waals surface area contributed by atoms with Crippen molar-refractivity contribution in [2.75, 3.05) is 6.61 Å². The molecule has 1 fully saturated rings. The highest BCUT2D eigenvalue weighted by atomic mass is 16.5. The summed E-state index contributed by atoms with van der Waals surface area (Å²) in [6.07, 6.45) is 5.00. The van der Waals surface area contributed by atoms with Crippen LogP contribution in [0.5, 0.6) is 0 Å². The van der Waals surface area contributed by atoms with E-state index in [1.165, 1.54) is 0 Å². The molecule has 1 aliphatic rings. The lowest BCUT2D eigenvalue weighted by Gasteiger charge is -2.23. The van der Waals surface area contributed by atoms with E-state index in [4.69, 9.17) is 4.74 Å². The Morgan fingerprint density at radius 3 is 3.00 bits per heavy atom. The maximum absolute atomic E-state index is 12.2. The van der Waals surface area contributed by atoms with Gasteiger partial charge in [-0.05, 0) is 37.3 Å². The van der Waals surface area contributed by atoms with Gasteiger partial charge in [-0.1, -0.05) is 25.8 Å². The molecule has 0 N–H and O–H groups in total.